The summed E-state index contributed by atoms with van der Waals surface area (Å²) in [7, 11) is 0. The van der Waals surface area contributed by atoms with E-state index in [9.17, 15) is 9.59 Å². The first-order valence-electron chi connectivity index (χ1n) is 5.82. The molecule has 1 heterocycles. The SMILES string of the molecule is CC1CN(C(=O)c2cccc(C(=O)O)c2)CCO1. The first-order chi connectivity index (χ1) is 8.58. The van der Waals surface area contributed by atoms with Crippen molar-refractivity contribution in [2.75, 3.05) is 19.7 Å². The molecule has 1 aromatic carbocycles. The monoisotopic (exact) mass is 249 g/mol. The third-order valence-electron chi connectivity index (χ3n) is 2.88. The summed E-state index contributed by atoms with van der Waals surface area (Å²) in [4.78, 5) is 24.7. The van der Waals surface area contributed by atoms with Crippen molar-refractivity contribution in [2.45, 2.75) is 13.0 Å². The van der Waals surface area contributed by atoms with Crippen molar-refractivity contribution in [3.63, 3.8) is 0 Å². The number of hydrogen-bond donors (Lipinski definition) is 1. The second-order valence-corrected chi connectivity index (χ2v) is 4.32. The largest absolute Gasteiger partial charge is 0.478 e. The standard InChI is InChI=1S/C13H15NO4/c1-9-8-14(5-6-18-9)12(15)10-3-2-4-11(7-10)13(16)17/h2-4,7,9H,5-6,8H2,1H3,(H,16,17). The van der Waals surface area contributed by atoms with E-state index < -0.39 is 5.97 Å². The van der Waals surface area contributed by atoms with Crippen molar-refractivity contribution in [3.8, 4) is 0 Å². The normalized spacial score (nSPS) is 19.6. The summed E-state index contributed by atoms with van der Waals surface area (Å²) in [6, 6.07) is 6.10. The molecule has 1 unspecified atom stereocenters. The van der Waals surface area contributed by atoms with Gasteiger partial charge in [0.25, 0.3) is 5.91 Å². The Morgan fingerprint density at radius 3 is 2.78 bits per heavy atom. The molecule has 2 rings (SSSR count). The molecular weight excluding hydrogens is 234 g/mol. The smallest absolute Gasteiger partial charge is 0.335 e. The predicted molar refractivity (Wildman–Crippen MR) is 64.7 cm³/mol. The van der Waals surface area contributed by atoms with Crippen LogP contribution in [0.5, 0.6) is 0 Å². The van der Waals surface area contributed by atoms with E-state index >= 15 is 0 Å². The minimum absolute atomic E-state index is 0.0188. The highest BCUT2D eigenvalue weighted by atomic mass is 16.5. The Balaban J connectivity index is 2.17. The van der Waals surface area contributed by atoms with Gasteiger partial charge in [-0.15, -0.1) is 0 Å². The van der Waals surface area contributed by atoms with Gasteiger partial charge >= 0.3 is 5.97 Å². The predicted octanol–water partition coefficient (Wildman–Crippen LogP) is 1.25. The van der Waals surface area contributed by atoms with Gasteiger partial charge in [0.15, 0.2) is 0 Å². The van der Waals surface area contributed by atoms with Crippen LogP contribution in [0.1, 0.15) is 27.6 Å². The molecule has 0 aliphatic carbocycles. The van der Waals surface area contributed by atoms with Crippen molar-refractivity contribution in [1.29, 1.82) is 0 Å². The Labute approximate surface area is 105 Å². The Morgan fingerprint density at radius 2 is 2.11 bits per heavy atom. The van der Waals surface area contributed by atoms with Gasteiger partial charge in [-0.2, -0.15) is 0 Å². The Bertz CT molecular complexity index is 472. The number of carbonyl (C=O) groups excluding carboxylic acids is 1. The number of hydrogen-bond acceptors (Lipinski definition) is 3. The molecule has 18 heavy (non-hydrogen) atoms. The molecule has 1 aliphatic rings. The van der Waals surface area contributed by atoms with Crippen LogP contribution in [0.25, 0.3) is 0 Å². The number of nitrogens with zero attached hydrogens (tertiary/aromatic N) is 1. The first kappa shape index (κ1) is 12.6. The number of amides is 1. The number of morpholine rings is 1. The quantitative estimate of drug-likeness (QED) is 0.856. The minimum Gasteiger partial charge on any atom is -0.478 e. The lowest BCUT2D eigenvalue weighted by atomic mass is 10.1. The highest BCUT2D eigenvalue weighted by molar-refractivity contribution is 5.97. The topological polar surface area (TPSA) is 66.8 Å². The molecule has 1 saturated heterocycles. The van der Waals surface area contributed by atoms with Crippen LogP contribution in [-0.4, -0.2) is 47.7 Å². The summed E-state index contributed by atoms with van der Waals surface area (Å²) in [5.41, 5.74) is 0.533. The molecule has 1 amide bonds. The molecule has 0 saturated carbocycles. The van der Waals surface area contributed by atoms with Gasteiger partial charge in [0.05, 0.1) is 18.3 Å². The fourth-order valence-electron chi connectivity index (χ4n) is 1.97. The van der Waals surface area contributed by atoms with Gasteiger partial charge < -0.3 is 14.7 Å². The number of carboxylic acids is 1. The van der Waals surface area contributed by atoms with Crippen LogP contribution < -0.4 is 0 Å². The Morgan fingerprint density at radius 1 is 1.39 bits per heavy atom. The number of ether oxygens (including phenoxy) is 1. The number of carboxylic acid groups (broad SMARTS) is 1. The minimum atomic E-state index is -1.03. The van der Waals surface area contributed by atoms with Gasteiger partial charge in [-0.1, -0.05) is 6.07 Å². The maximum absolute atomic E-state index is 12.2. The van der Waals surface area contributed by atoms with E-state index in [1.807, 2.05) is 6.92 Å². The van der Waals surface area contributed by atoms with E-state index in [-0.39, 0.29) is 17.6 Å². The van der Waals surface area contributed by atoms with Gasteiger partial charge in [-0.05, 0) is 25.1 Å². The number of aromatic carboxylic acids is 1. The van der Waals surface area contributed by atoms with Crippen LogP contribution in [0.3, 0.4) is 0 Å². The lowest BCUT2D eigenvalue weighted by Gasteiger charge is -2.31. The fraction of sp³-hybridized carbons (Fsp3) is 0.385. The average Bonchev–Trinajstić information content (AvgIpc) is 2.38. The molecule has 96 valence electrons. The summed E-state index contributed by atoms with van der Waals surface area (Å²) >= 11 is 0. The molecule has 0 aromatic heterocycles. The van der Waals surface area contributed by atoms with Gasteiger partial charge in [-0.3, -0.25) is 4.79 Å². The maximum Gasteiger partial charge on any atom is 0.335 e. The number of carbonyl (C=O) groups is 2. The lowest BCUT2D eigenvalue weighted by molar-refractivity contribution is -0.0124. The first-order valence-corrected chi connectivity index (χ1v) is 5.82. The summed E-state index contributed by atoms with van der Waals surface area (Å²) < 4.78 is 5.37. The van der Waals surface area contributed by atoms with Gasteiger partial charge in [0.1, 0.15) is 0 Å². The van der Waals surface area contributed by atoms with Gasteiger partial charge in [0, 0.05) is 18.7 Å². The molecule has 1 fully saturated rings. The zero-order valence-electron chi connectivity index (χ0n) is 10.1. The van der Waals surface area contributed by atoms with Crippen molar-refractivity contribution in [2.24, 2.45) is 0 Å². The van der Waals surface area contributed by atoms with Crippen molar-refractivity contribution in [3.05, 3.63) is 35.4 Å². The van der Waals surface area contributed by atoms with E-state index in [0.717, 1.165) is 0 Å². The molecule has 1 aromatic rings. The summed E-state index contributed by atoms with van der Waals surface area (Å²) in [6.07, 6.45) is 0.0188. The van der Waals surface area contributed by atoms with Crippen LogP contribution in [0.2, 0.25) is 0 Å². The fourth-order valence-corrected chi connectivity index (χ4v) is 1.97. The van der Waals surface area contributed by atoms with Crippen LogP contribution in [-0.2, 0) is 4.74 Å². The third-order valence-corrected chi connectivity index (χ3v) is 2.88. The van der Waals surface area contributed by atoms with Gasteiger partial charge in [-0.25, -0.2) is 4.79 Å². The molecule has 1 atom stereocenters. The molecule has 0 radical (unpaired) electrons. The summed E-state index contributed by atoms with van der Waals surface area (Å²) in [5, 5.41) is 8.90. The van der Waals surface area contributed by atoms with Crippen LogP contribution >= 0.6 is 0 Å². The lowest BCUT2D eigenvalue weighted by Crippen LogP contribution is -2.44. The number of rotatable bonds is 2. The van der Waals surface area contributed by atoms with E-state index in [4.69, 9.17) is 9.84 Å². The van der Waals surface area contributed by atoms with Crippen LogP contribution in [0.15, 0.2) is 24.3 Å². The Kier molecular flexibility index (Phi) is 3.62. The summed E-state index contributed by atoms with van der Waals surface area (Å²) in [5.74, 6) is -1.17. The van der Waals surface area contributed by atoms with E-state index in [1.165, 1.54) is 12.1 Å². The van der Waals surface area contributed by atoms with E-state index in [2.05, 4.69) is 0 Å². The van der Waals surface area contributed by atoms with Gasteiger partial charge in [0.2, 0.25) is 0 Å². The second-order valence-electron chi connectivity index (χ2n) is 4.32. The van der Waals surface area contributed by atoms with Crippen molar-refractivity contribution >= 4 is 11.9 Å². The summed E-state index contributed by atoms with van der Waals surface area (Å²) in [6.45, 7) is 3.51. The average molecular weight is 249 g/mol. The molecule has 5 nitrogen and oxygen atoms in total. The van der Waals surface area contributed by atoms with Crippen molar-refractivity contribution < 1.29 is 19.4 Å². The molecule has 0 bridgehead atoms. The van der Waals surface area contributed by atoms with Crippen LogP contribution in [0, 0.1) is 0 Å². The van der Waals surface area contributed by atoms with E-state index in [1.54, 1.807) is 17.0 Å². The van der Waals surface area contributed by atoms with Crippen molar-refractivity contribution in [1.82, 2.24) is 4.90 Å². The molecule has 1 aliphatic heterocycles. The highest BCUT2D eigenvalue weighted by Gasteiger charge is 2.22. The maximum atomic E-state index is 12.2. The molecule has 1 N–H and O–H groups in total. The zero-order valence-corrected chi connectivity index (χ0v) is 10.1. The Hall–Kier alpha value is -1.88. The third kappa shape index (κ3) is 2.68. The molecular formula is C13H15NO4. The van der Waals surface area contributed by atoms with E-state index in [0.29, 0.717) is 25.3 Å². The highest BCUT2D eigenvalue weighted by Crippen LogP contribution is 2.12. The second kappa shape index (κ2) is 5.18. The number of benzene rings is 1. The molecule has 5 heteroatoms. The zero-order chi connectivity index (χ0) is 13.1. The van der Waals surface area contributed by atoms with Crippen LogP contribution in [0.4, 0.5) is 0 Å². The molecule has 0 spiro atoms.